The molecule has 0 radical (unpaired) electrons. The standard InChI is InChI=1S/C14H15ClN4S/c1-3-10-13(15)11(18(2)17-10)9-19-7-6-16-14(19)12-5-4-8-20-12/h4-8H,3,9H2,1-2H3. The molecular weight excluding hydrogens is 292 g/mol. The molecule has 0 unspecified atom stereocenters. The summed E-state index contributed by atoms with van der Waals surface area (Å²) in [6.45, 7) is 2.74. The minimum Gasteiger partial charge on any atom is -0.324 e. The van der Waals surface area contributed by atoms with E-state index in [1.165, 1.54) is 0 Å². The number of nitrogens with zero attached hydrogens (tertiary/aromatic N) is 4. The van der Waals surface area contributed by atoms with Crippen LogP contribution in [0.2, 0.25) is 5.02 Å². The van der Waals surface area contributed by atoms with E-state index in [9.17, 15) is 0 Å². The molecule has 0 aliphatic rings. The molecule has 4 nitrogen and oxygen atoms in total. The van der Waals surface area contributed by atoms with Gasteiger partial charge in [-0.1, -0.05) is 24.6 Å². The van der Waals surface area contributed by atoms with Crippen molar-refractivity contribution >= 4 is 22.9 Å². The van der Waals surface area contributed by atoms with Gasteiger partial charge >= 0.3 is 0 Å². The summed E-state index contributed by atoms with van der Waals surface area (Å²) in [6, 6.07) is 4.11. The van der Waals surface area contributed by atoms with Crippen LogP contribution in [0, 0.1) is 0 Å². The first-order chi connectivity index (χ1) is 9.70. The minimum absolute atomic E-state index is 0.676. The van der Waals surface area contributed by atoms with Gasteiger partial charge in [-0.3, -0.25) is 4.68 Å². The van der Waals surface area contributed by atoms with Crippen molar-refractivity contribution in [1.29, 1.82) is 0 Å². The number of aryl methyl sites for hydroxylation is 2. The third-order valence-corrected chi connectivity index (χ3v) is 4.58. The molecule has 0 aromatic carbocycles. The molecule has 0 spiro atoms. The Hall–Kier alpha value is -1.59. The number of aromatic nitrogens is 4. The van der Waals surface area contributed by atoms with Crippen LogP contribution in [0.15, 0.2) is 29.9 Å². The summed E-state index contributed by atoms with van der Waals surface area (Å²) >= 11 is 8.09. The zero-order valence-electron chi connectivity index (χ0n) is 11.4. The first kappa shape index (κ1) is 13.4. The Morgan fingerprint density at radius 3 is 2.90 bits per heavy atom. The van der Waals surface area contributed by atoms with Crippen molar-refractivity contribution in [2.24, 2.45) is 7.05 Å². The van der Waals surface area contributed by atoms with Crippen LogP contribution in [-0.4, -0.2) is 19.3 Å². The van der Waals surface area contributed by atoms with Gasteiger partial charge in [0, 0.05) is 19.4 Å². The van der Waals surface area contributed by atoms with Crippen molar-refractivity contribution in [1.82, 2.24) is 19.3 Å². The van der Waals surface area contributed by atoms with Gasteiger partial charge in [-0.25, -0.2) is 4.98 Å². The second-order valence-corrected chi connectivity index (χ2v) is 5.87. The predicted molar refractivity (Wildman–Crippen MR) is 82.2 cm³/mol. The van der Waals surface area contributed by atoms with Crippen molar-refractivity contribution in [3.05, 3.63) is 46.3 Å². The van der Waals surface area contributed by atoms with E-state index in [0.29, 0.717) is 6.54 Å². The topological polar surface area (TPSA) is 35.6 Å². The fourth-order valence-electron chi connectivity index (χ4n) is 2.22. The van der Waals surface area contributed by atoms with Gasteiger partial charge in [-0.2, -0.15) is 5.10 Å². The highest BCUT2D eigenvalue weighted by Crippen LogP contribution is 2.26. The van der Waals surface area contributed by atoms with Crippen LogP contribution in [-0.2, 0) is 20.0 Å². The van der Waals surface area contributed by atoms with Crippen LogP contribution in [0.5, 0.6) is 0 Å². The lowest BCUT2D eigenvalue weighted by Crippen LogP contribution is -2.06. The van der Waals surface area contributed by atoms with Gasteiger partial charge in [0.1, 0.15) is 5.82 Å². The zero-order chi connectivity index (χ0) is 14.1. The molecule has 0 saturated carbocycles. The Kier molecular flexibility index (Phi) is 3.63. The molecule has 3 heterocycles. The summed E-state index contributed by atoms with van der Waals surface area (Å²) in [5, 5.41) is 7.28. The van der Waals surface area contributed by atoms with Crippen molar-refractivity contribution in [3.8, 4) is 10.7 Å². The summed E-state index contributed by atoms with van der Waals surface area (Å²) in [6.07, 6.45) is 4.64. The average molecular weight is 307 g/mol. The summed E-state index contributed by atoms with van der Waals surface area (Å²) in [7, 11) is 1.93. The lowest BCUT2D eigenvalue weighted by atomic mass is 10.3. The van der Waals surface area contributed by atoms with Crippen molar-refractivity contribution in [2.75, 3.05) is 0 Å². The average Bonchev–Trinajstić information content (AvgIpc) is 3.14. The number of thiophene rings is 1. The van der Waals surface area contributed by atoms with E-state index in [-0.39, 0.29) is 0 Å². The quantitative estimate of drug-likeness (QED) is 0.738. The monoisotopic (exact) mass is 306 g/mol. The fraction of sp³-hybridized carbons (Fsp3) is 0.286. The van der Waals surface area contributed by atoms with E-state index in [0.717, 1.165) is 33.5 Å². The number of imidazole rings is 1. The van der Waals surface area contributed by atoms with Gasteiger partial charge in [0.2, 0.25) is 0 Å². The van der Waals surface area contributed by atoms with Crippen LogP contribution in [0.3, 0.4) is 0 Å². The van der Waals surface area contributed by atoms with Crippen molar-refractivity contribution in [2.45, 2.75) is 19.9 Å². The second-order valence-electron chi connectivity index (χ2n) is 4.54. The highest BCUT2D eigenvalue weighted by Gasteiger charge is 2.15. The summed E-state index contributed by atoms with van der Waals surface area (Å²) in [4.78, 5) is 5.60. The van der Waals surface area contributed by atoms with Crippen LogP contribution in [0.1, 0.15) is 18.3 Å². The molecule has 20 heavy (non-hydrogen) atoms. The highest BCUT2D eigenvalue weighted by molar-refractivity contribution is 7.13. The Morgan fingerprint density at radius 2 is 2.25 bits per heavy atom. The molecule has 6 heteroatoms. The van der Waals surface area contributed by atoms with Gasteiger partial charge in [-0.05, 0) is 17.9 Å². The van der Waals surface area contributed by atoms with Crippen LogP contribution >= 0.6 is 22.9 Å². The molecule has 0 amide bonds. The van der Waals surface area contributed by atoms with Crippen LogP contribution < -0.4 is 0 Å². The van der Waals surface area contributed by atoms with Crippen LogP contribution in [0.25, 0.3) is 10.7 Å². The molecule has 0 N–H and O–H groups in total. The molecule has 0 saturated heterocycles. The van der Waals surface area contributed by atoms with Gasteiger partial charge in [0.05, 0.1) is 27.8 Å². The number of halogens is 1. The molecule has 104 valence electrons. The largest absolute Gasteiger partial charge is 0.324 e. The normalized spacial score (nSPS) is 11.2. The highest BCUT2D eigenvalue weighted by atomic mass is 35.5. The Balaban J connectivity index is 1.97. The molecule has 3 rings (SSSR count). The summed E-state index contributed by atoms with van der Waals surface area (Å²) in [5.74, 6) is 0.968. The SMILES string of the molecule is CCc1nn(C)c(Cn2ccnc2-c2cccs2)c1Cl. The molecule has 3 aromatic rings. The Bertz CT molecular complexity index is 712. The van der Waals surface area contributed by atoms with E-state index in [4.69, 9.17) is 11.6 Å². The van der Waals surface area contributed by atoms with Crippen molar-refractivity contribution in [3.63, 3.8) is 0 Å². The first-order valence-corrected chi connectivity index (χ1v) is 7.71. The lowest BCUT2D eigenvalue weighted by molar-refractivity contribution is 0.663. The summed E-state index contributed by atoms with van der Waals surface area (Å²) < 4.78 is 3.97. The maximum atomic E-state index is 6.41. The smallest absolute Gasteiger partial charge is 0.150 e. The Labute approximate surface area is 126 Å². The third-order valence-electron chi connectivity index (χ3n) is 3.28. The summed E-state index contributed by atoms with van der Waals surface area (Å²) in [5.41, 5.74) is 1.96. The lowest BCUT2D eigenvalue weighted by Gasteiger charge is -2.07. The van der Waals surface area contributed by atoms with Crippen LogP contribution in [0.4, 0.5) is 0 Å². The maximum absolute atomic E-state index is 6.41. The Morgan fingerprint density at radius 1 is 1.40 bits per heavy atom. The molecular formula is C14H15ClN4S. The molecule has 0 aliphatic carbocycles. The van der Waals surface area contributed by atoms with E-state index in [2.05, 4.69) is 33.0 Å². The van der Waals surface area contributed by atoms with Gasteiger partial charge < -0.3 is 4.57 Å². The van der Waals surface area contributed by atoms with Gasteiger partial charge in [0.25, 0.3) is 0 Å². The molecule has 0 bridgehead atoms. The second kappa shape index (κ2) is 5.42. The first-order valence-electron chi connectivity index (χ1n) is 6.46. The van der Waals surface area contributed by atoms with E-state index >= 15 is 0 Å². The maximum Gasteiger partial charge on any atom is 0.150 e. The minimum atomic E-state index is 0.676. The number of hydrogen-bond acceptors (Lipinski definition) is 3. The fourth-order valence-corrected chi connectivity index (χ4v) is 3.31. The molecule has 3 aromatic heterocycles. The van der Waals surface area contributed by atoms with Crippen molar-refractivity contribution < 1.29 is 0 Å². The van der Waals surface area contributed by atoms with Gasteiger partial charge in [0.15, 0.2) is 0 Å². The predicted octanol–water partition coefficient (Wildman–Crippen LogP) is 3.61. The molecule has 0 fully saturated rings. The molecule has 0 atom stereocenters. The number of rotatable bonds is 4. The van der Waals surface area contributed by atoms with E-state index in [1.54, 1.807) is 11.3 Å². The molecule has 0 aliphatic heterocycles. The van der Waals surface area contributed by atoms with Gasteiger partial charge in [-0.15, -0.1) is 11.3 Å². The number of hydrogen-bond donors (Lipinski definition) is 0. The van der Waals surface area contributed by atoms with E-state index < -0.39 is 0 Å². The third kappa shape index (κ3) is 2.27. The van der Waals surface area contributed by atoms with E-state index in [1.807, 2.05) is 30.2 Å². The zero-order valence-corrected chi connectivity index (χ0v) is 12.9.